The lowest BCUT2D eigenvalue weighted by Gasteiger charge is -2.36. The fraction of sp³-hybridized carbons (Fsp3) is 1.00. The van der Waals surface area contributed by atoms with Crippen molar-refractivity contribution in [1.29, 1.82) is 0 Å². The minimum Gasteiger partial charge on any atom is -0.376 e. The smallest absolute Gasteiger partial charge is 0.0817 e. The summed E-state index contributed by atoms with van der Waals surface area (Å²) in [7, 11) is 0. The zero-order chi connectivity index (χ0) is 12.4. The molecular weight excluding hydrogens is 226 g/mol. The fourth-order valence-electron chi connectivity index (χ4n) is 3.82. The molecule has 104 valence electrons. The van der Waals surface area contributed by atoms with Gasteiger partial charge in [-0.05, 0) is 51.0 Å². The van der Waals surface area contributed by atoms with Gasteiger partial charge < -0.3 is 15.2 Å². The van der Waals surface area contributed by atoms with Crippen LogP contribution in [-0.4, -0.2) is 31.0 Å². The Labute approximate surface area is 110 Å². The number of hydrogen-bond acceptors (Lipinski definition) is 3. The van der Waals surface area contributed by atoms with Gasteiger partial charge in [0.25, 0.3) is 0 Å². The fourth-order valence-corrected chi connectivity index (χ4v) is 3.82. The predicted molar refractivity (Wildman–Crippen MR) is 71.4 cm³/mol. The zero-order valence-corrected chi connectivity index (χ0v) is 11.4. The van der Waals surface area contributed by atoms with Gasteiger partial charge in [-0.25, -0.2) is 0 Å². The summed E-state index contributed by atoms with van der Waals surface area (Å²) >= 11 is 0. The Kier molecular flexibility index (Phi) is 3.92. The molecular formula is C15H27NO2. The molecule has 0 amide bonds. The summed E-state index contributed by atoms with van der Waals surface area (Å²) in [6.45, 7) is 1.63. The van der Waals surface area contributed by atoms with Crippen molar-refractivity contribution in [2.24, 2.45) is 11.7 Å². The summed E-state index contributed by atoms with van der Waals surface area (Å²) in [4.78, 5) is 0. The highest BCUT2D eigenvalue weighted by Crippen LogP contribution is 2.42. The first-order valence-corrected chi connectivity index (χ1v) is 7.79. The van der Waals surface area contributed by atoms with Crippen molar-refractivity contribution in [3.63, 3.8) is 0 Å². The molecule has 0 aromatic carbocycles. The van der Waals surface area contributed by atoms with Crippen molar-refractivity contribution in [2.45, 2.75) is 75.6 Å². The van der Waals surface area contributed by atoms with Gasteiger partial charge in [-0.2, -0.15) is 0 Å². The number of rotatable bonds is 4. The average molecular weight is 253 g/mol. The monoisotopic (exact) mass is 253 g/mol. The molecule has 0 radical (unpaired) electrons. The molecule has 1 atom stereocenters. The Balaban J connectivity index is 1.37. The summed E-state index contributed by atoms with van der Waals surface area (Å²) in [5.41, 5.74) is 5.87. The lowest BCUT2D eigenvalue weighted by Crippen LogP contribution is -2.38. The van der Waals surface area contributed by atoms with Crippen molar-refractivity contribution in [1.82, 2.24) is 0 Å². The molecule has 1 saturated heterocycles. The van der Waals surface area contributed by atoms with Crippen molar-refractivity contribution < 1.29 is 9.47 Å². The summed E-state index contributed by atoms with van der Waals surface area (Å²) in [6.07, 6.45) is 12.3. The van der Waals surface area contributed by atoms with E-state index in [0.717, 1.165) is 26.0 Å². The number of hydrogen-bond donors (Lipinski definition) is 1. The van der Waals surface area contributed by atoms with Crippen LogP contribution in [0.2, 0.25) is 0 Å². The van der Waals surface area contributed by atoms with Crippen LogP contribution in [0.15, 0.2) is 0 Å². The minimum atomic E-state index is 0.242. The van der Waals surface area contributed by atoms with Gasteiger partial charge in [0.1, 0.15) is 0 Å². The van der Waals surface area contributed by atoms with E-state index < -0.39 is 0 Å². The second-order valence-electron chi connectivity index (χ2n) is 6.55. The Morgan fingerprint density at radius 3 is 2.61 bits per heavy atom. The maximum atomic E-state index is 6.31. The molecule has 2 N–H and O–H groups in total. The van der Waals surface area contributed by atoms with Gasteiger partial charge in [-0.1, -0.05) is 19.3 Å². The third kappa shape index (κ3) is 2.73. The van der Waals surface area contributed by atoms with Crippen molar-refractivity contribution in [3.8, 4) is 0 Å². The lowest BCUT2D eigenvalue weighted by molar-refractivity contribution is -0.114. The molecule has 3 rings (SSSR count). The van der Waals surface area contributed by atoms with Crippen LogP contribution >= 0.6 is 0 Å². The van der Waals surface area contributed by atoms with Crippen LogP contribution in [0.4, 0.5) is 0 Å². The van der Waals surface area contributed by atoms with Gasteiger partial charge in [0.2, 0.25) is 0 Å². The lowest BCUT2D eigenvalue weighted by atomic mass is 9.82. The second-order valence-corrected chi connectivity index (χ2v) is 6.55. The van der Waals surface area contributed by atoms with E-state index in [4.69, 9.17) is 15.2 Å². The molecule has 1 spiro atoms. The number of ether oxygens (including phenoxy) is 2. The van der Waals surface area contributed by atoms with E-state index in [2.05, 4.69) is 0 Å². The van der Waals surface area contributed by atoms with Gasteiger partial charge in [0, 0.05) is 0 Å². The van der Waals surface area contributed by atoms with Gasteiger partial charge in [-0.3, -0.25) is 0 Å². The van der Waals surface area contributed by atoms with E-state index in [9.17, 15) is 0 Å². The van der Waals surface area contributed by atoms with Gasteiger partial charge >= 0.3 is 0 Å². The SMILES string of the molecule is NCC1CC(OCC2CCC3(CCCCC3)O2)C1. The van der Waals surface area contributed by atoms with Gasteiger partial charge in [0.15, 0.2) is 0 Å². The summed E-state index contributed by atoms with van der Waals surface area (Å²) < 4.78 is 12.3. The van der Waals surface area contributed by atoms with E-state index in [1.807, 2.05) is 0 Å². The van der Waals surface area contributed by atoms with Crippen LogP contribution < -0.4 is 5.73 Å². The second kappa shape index (κ2) is 5.48. The highest BCUT2D eigenvalue weighted by molar-refractivity contribution is 4.91. The largest absolute Gasteiger partial charge is 0.376 e. The zero-order valence-electron chi connectivity index (χ0n) is 11.4. The van der Waals surface area contributed by atoms with Crippen LogP contribution in [0, 0.1) is 5.92 Å². The standard InChI is InChI=1S/C15H27NO2/c16-10-12-8-14(9-12)17-11-13-4-7-15(18-13)5-2-1-3-6-15/h12-14H,1-11,16H2. The van der Waals surface area contributed by atoms with E-state index in [-0.39, 0.29) is 5.60 Å². The topological polar surface area (TPSA) is 44.5 Å². The molecule has 1 unspecified atom stereocenters. The first kappa shape index (κ1) is 12.9. The summed E-state index contributed by atoms with van der Waals surface area (Å²) in [5, 5.41) is 0. The van der Waals surface area contributed by atoms with Crippen molar-refractivity contribution >= 4 is 0 Å². The van der Waals surface area contributed by atoms with E-state index in [1.54, 1.807) is 0 Å². The highest BCUT2D eigenvalue weighted by Gasteiger charge is 2.41. The molecule has 3 fully saturated rings. The van der Waals surface area contributed by atoms with Crippen LogP contribution in [0.5, 0.6) is 0 Å². The quantitative estimate of drug-likeness (QED) is 0.837. The third-order valence-electron chi connectivity index (χ3n) is 5.15. The predicted octanol–water partition coefficient (Wildman–Crippen LogP) is 2.62. The van der Waals surface area contributed by atoms with Gasteiger partial charge in [0.05, 0.1) is 24.4 Å². The molecule has 3 heteroatoms. The van der Waals surface area contributed by atoms with E-state index >= 15 is 0 Å². The molecule has 3 aliphatic rings. The summed E-state index contributed by atoms with van der Waals surface area (Å²) in [5.74, 6) is 0.712. The van der Waals surface area contributed by atoms with E-state index in [1.165, 1.54) is 44.9 Å². The van der Waals surface area contributed by atoms with Crippen molar-refractivity contribution in [3.05, 3.63) is 0 Å². The molecule has 2 aliphatic carbocycles. The molecule has 0 aromatic rings. The van der Waals surface area contributed by atoms with Crippen molar-refractivity contribution in [2.75, 3.05) is 13.2 Å². The third-order valence-corrected chi connectivity index (χ3v) is 5.15. The highest BCUT2D eigenvalue weighted by atomic mass is 16.6. The maximum Gasteiger partial charge on any atom is 0.0817 e. The van der Waals surface area contributed by atoms with Crippen LogP contribution in [0.1, 0.15) is 57.8 Å². The first-order valence-electron chi connectivity index (χ1n) is 7.79. The Morgan fingerprint density at radius 2 is 1.89 bits per heavy atom. The number of nitrogens with two attached hydrogens (primary N) is 1. The molecule has 0 bridgehead atoms. The van der Waals surface area contributed by atoms with Crippen LogP contribution in [-0.2, 0) is 9.47 Å². The molecule has 3 nitrogen and oxygen atoms in total. The molecule has 1 aliphatic heterocycles. The molecule has 18 heavy (non-hydrogen) atoms. The molecule has 0 aromatic heterocycles. The van der Waals surface area contributed by atoms with Crippen LogP contribution in [0.25, 0.3) is 0 Å². The Hall–Kier alpha value is -0.120. The van der Waals surface area contributed by atoms with Crippen LogP contribution in [0.3, 0.4) is 0 Å². The maximum absolute atomic E-state index is 6.31. The molecule has 1 heterocycles. The average Bonchev–Trinajstić information content (AvgIpc) is 2.72. The summed E-state index contributed by atoms with van der Waals surface area (Å²) in [6, 6.07) is 0. The minimum absolute atomic E-state index is 0.242. The Morgan fingerprint density at radius 1 is 1.11 bits per heavy atom. The normalized spacial score (nSPS) is 38.8. The van der Waals surface area contributed by atoms with E-state index in [0.29, 0.717) is 18.1 Å². The molecule has 2 saturated carbocycles. The Bertz CT molecular complexity index is 270. The first-order chi connectivity index (χ1) is 8.80. The van der Waals surface area contributed by atoms with Gasteiger partial charge in [-0.15, -0.1) is 0 Å².